The summed E-state index contributed by atoms with van der Waals surface area (Å²) in [5.41, 5.74) is 0.545. The highest BCUT2D eigenvalue weighted by atomic mass is 32.2. The molecule has 0 amide bonds. The first-order chi connectivity index (χ1) is 11.9. The van der Waals surface area contributed by atoms with E-state index in [9.17, 15) is 13.5 Å². The van der Waals surface area contributed by atoms with Gasteiger partial charge in [-0.1, -0.05) is 12.1 Å². The number of benzene rings is 2. The average molecular weight is 367 g/mol. The molecule has 0 aliphatic carbocycles. The maximum atomic E-state index is 12.5. The van der Waals surface area contributed by atoms with E-state index in [1.165, 1.54) is 39.5 Å². The van der Waals surface area contributed by atoms with Gasteiger partial charge in [-0.05, 0) is 29.8 Å². The zero-order valence-electron chi connectivity index (χ0n) is 14.2. The predicted molar refractivity (Wildman–Crippen MR) is 92.7 cm³/mol. The Morgan fingerprint density at radius 1 is 1.00 bits per heavy atom. The van der Waals surface area contributed by atoms with Gasteiger partial charge < -0.3 is 19.3 Å². The number of aliphatic hydroxyl groups is 1. The number of hydrogen-bond acceptors (Lipinski definition) is 6. The molecule has 136 valence electrons. The number of methoxy groups -OCH3 is 3. The monoisotopic (exact) mass is 367 g/mol. The molecule has 0 aliphatic rings. The minimum absolute atomic E-state index is 0.0337. The molecular formula is C17H21NO6S. The second-order valence-electron chi connectivity index (χ2n) is 5.16. The molecule has 25 heavy (non-hydrogen) atoms. The standard InChI is InChI=1S/C17H21NO6S/c1-22-13-6-4-5-12(9-13)15(19)11-18-25(20,21)17-8-7-14(23-2)10-16(17)24-3/h4-10,15,18-19H,11H2,1-3H3. The molecule has 0 radical (unpaired) electrons. The van der Waals surface area contributed by atoms with Crippen LogP contribution in [0.15, 0.2) is 47.4 Å². The van der Waals surface area contributed by atoms with Gasteiger partial charge in [0.05, 0.1) is 27.4 Å². The van der Waals surface area contributed by atoms with Crippen molar-refractivity contribution in [3.63, 3.8) is 0 Å². The van der Waals surface area contributed by atoms with E-state index in [4.69, 9.17) is 14.2 Å². The number of aliphatic hydroxyl groups excluding tert-OH is 1. The van der Waals surface area contributed by atoms with Crippen molar-refractivity contribution in [1.82, 2.24) is 4.72 Å². The van der Waals surface area contributed by atoms with Gasteiger partial charge in [0.15, 0.2) is 0 Å². The van der Waals surface area contributed by atoms with Crippen LogP contribution in [0.5, 0.6) is 17.2 Å². The molecule has 2 rings (SSSR count). The zero-order valence-corrected chi connectivity index (χ0v) is 15.0. The smallest absolute Gasteiger partial charge is 0.244 e. The Balaban J connectivity index is 2.16. The molecule has 2 aromatic rings. The van der Waals surface area contributed by atoms with Crippen LogP contribution in [-0.4, -0.2) is 41.4 Å². The molecule has 2 N–H and O–H groups in total. The van der Waals surface area contributed by atoms with Gasteiger partial charge in [-0.2, -0.15) is 0 Å². The molecule has 2 aromatic carbocycles. The fraction of sp³-hybridized carbons (Fsp3) is 0.294. The molecule has 0 bridgehead atoms. The summed E-state index contributed by atoms with van der Waals surface area (Å²) >= 11 is 0. The molecule has 7 nitrogen and oxygen atoms in total. The lowest BCUT2D eigenvalue weighted by Crippen LogP contribution is -2.28. The Bertz CT molecular complexity index is 822. The van der Waals surface area contributed by atoms with Gasteiger partial charge in [0.2, 0.25) is 10.0 Å². The first-order valence-corrected chi connectivity index (χ1v) is 8.93. The maximum Gasteiger partial charge on any atom is 0.244 e. The van der Waals surface area contributed by atoms with Crippen molar-refractivity contribution in [3.8, 4) is 17.2 Å². The molecule has 1 atom stereocenters. The van der Waals surface area contributed by atoms with E-state index >= 15 is 0 Å². The molecular weight excluding hydrogens is 346 g/mol. The lowest BCUT2D eigenvalue weighted by molar-refractivity contribution is 0.181. The third-order valence-electron chi connectivity index (χ3n) is 3.61. The van der Waals surface area contributed by atoms with Crippen molar-refractivity contribution in [1.29, 1.82) is 0 Å². The fourth-order valence-corrected chi connectivity index (χ4v) is 3.42. The van der Waals surface area contributed by atoms with Gasteiger partial charge in [0.1, 0.15) is 22.1 Å². The summed E-state index contributed by atoms with van der Waals surface area (Å²) in [5, 5.41) is 10.2. The molecule has 0 fully saturated rings. The summed E-state index contributed by atoms with van der Waals surface area (Å²) in [5.74, 6) is 1.21. The lowest BCUT2D eigenvalue weighted by atomic mass is 10.1. The highest BCUT2D eigenvalue weighted by Crippen LogP contribution is 2.28. The first kappa shape index (κ1) is 19.0. The zero-order chi connectivity index (χ0) is 18.4. The van der Waals surface area contributed by atoms with Crippen molar-refractivity contribution in [2.24, 2.45) is 0 Å². The van der Waals surface area contributed by atoms with E-state index in [1.54, 1.807) is 24.3 Å². The minimum Gasteiger partial charge on any atom is -0.497 e. The molecule has 8 heteroatoms. The molecule has 0 heterocycles. The molecule has 0 saturated carbocycles. The van der Waals surface area contributed by atoms with Crippen LogP contribution in [0.3, 0.4) is 0 Å². The van der Waals surface area contributed by atoms with Gasteiger partial charge in [-0.15, -0.1) is 0 Å². The average Bonchev–Trinajstić information content (AvgIpc) is 2.65. The molecule has 0 aromatic heterocycles. The van der Waals surface area contributed by atoms with Crippen LogP contribution in [0, 0.1) is 0 Å². The summed E-state index contributed by atoms with van der Waals surface area (Å²) in [6, 6.07) is 11.2. The highest BCUT2D eigenvalue weighted by molar-refractivity contribution is 7.89. The third-order valence-corrected chi connectivity index (χ3v) is 5.07. The van der Waals surface area contributed by atoms with Crippen LogP contribution in [0.4, 0.5) is 0 Å². The van der Waals surface area contributed by atoms with E-state index in [2.05, 4.69) is 4.72 Å². The number of rotatable bonds is 8. The molecule has 0 spiro atoms. The van der Waals surface area contributed by atoms with E-state index < -0.39 is 16.1 Å². The second-order valence-corrected chi connectivity index (χ2v) is 6.90. The van der Waals surface area contributed by atoms with Crippen LogP contribution in [-0.2, 0) is 10.0 Å². The quantitative estimate of drug-likeness (QED) is 0.738. The third kappa shape index (κ3) is 4.62. The van der Waals surface area contributed by atoms with E-state index in [1.807, 2.05) is 0 Å². The largest absolute Gasteiger partial charge is 0.497 e. The van der Waals surface area contributed by atoms with Crippen molar-refractivity contribution in [3.05, 3.63) is 48.0 Å². The van der Waals surface area contributed by atoms with Gasteiger partial charge in [0.25, 0.3) is 0 Å². The topological polar surface area (TPSA) is 94.1 Å². The van der Waals surface area contributed by atoms with E-state index in [0.29, 0.717) is 17.1 Å². The normalized spacial score (nSPS) is 12.5. The highest BCUT2D eigenvalue weighted by Gasteiger charge is 2.21. The minimum atomic E-state index is -3.87. The lowest BCUT2D eigenvalue weighted by Gasteiger charge is -2.15. The maximum absolute atomic E-state index is 12.5. The fourth-order valence-electron chi connectivity index (χ4n) is 2.23. The Morgan fingerprint density at radius 3 is 2.32 bits per heavy atom. The number of nitrogens with one attached hydrogen (secondary N) is 1. The van der Waals surface area contributed by atoms with Gasteiger partial charge in [-0.3, -0.25) is 0 Å². The van der Waals surface area contributed by atoms with Crippen molar-refractivity contribution in [2.45, 2.75) is 11.0 Å². The number of ether oxygens (including phenoxy) is 3. The van der Waals surface area contributed by atoms with Crippen molar-refractivity contribution in [2.75, 3.05) is 27.9 Å². The Hall–Kier alpha value is -2.29. The van der Waals surface area contributed by atoms with Gasteiger partial charge in [-0.25, -0.2) is 13.1 Å². The Morgan fingerprint density at radius 2 is 1.68 bits per heavy atom. The summed E-state index contributed by atoms with van der Waals surface area (Å²) in [6.07, 6.45) is -1.02. The van der Waals surface area contributed by atoms with Crippen LogP contribution >= 0.6 is 0 Å². The van der Waals surface area contributed by atoms with Crippen LogP contribution < -0.4 is 18.9 Å². The van der Waals surface area contributed by atoms with Crippen molar-refractivity contribution < 1.29 is 27.7 Å². The Labute approximate surface area is 147 Å². The van der Waals surface area contributed by atoms with Gasteiger partial charge >= 0.3 is 0 Å². The van der Waals surface area contributed by atoms with Crippen LogP contribution in [0.1, 0.15) is 11.7 Å². The summed E-state index contributed by atoms with van der Waals surface area (Å²) in [7, 11) is 0.501. The summed E-state index contributed by atoms with van der Waals surface area (Å²) < 4.78 is 42.7. The second kappa shape index (κ2) is 8.19. The SMILES string of the molecule is COc1cccc(C(O)CNS(=O)(=O)c2ccc(OC)cc2OC)c1. The van der Waals surface area contributed by atoms with Crippen LogP contribution in [0.25, 0.3) is 0 Å². The van der Waals surface area contributed by atoms with Crippen molar-refractivity contribution >= 4 is 10.0 Å². The van der Waals surface area contributed by atoms with Crippen LogP contribution in [0.2, 0.25) is 0 Å². The van der Waals surface area contributed by atoms with E-state index in [-0.39, 0.29) is 17.2 Å². The Kier molecular flexibility index (Phi) is 6.24. The summed E-state index contributed by atoms with van der Waals surface area (Å²) in [4.78, 5) is -0.0337. The predicted octanol–water partition coefficient (Wildman–Crippen LogP) is 1.72. The number of sulfonamides is 1. The first-order valence-electron chi connectivity index (χ1n) is 7.45. The molecule has 1 unspecified atom stereocenters. The van der Waals surface area contributed by atoms with Gasteiger partial charge in [0, 0.05) is 12.6 Å². The summed E-state index contributed by atoms with van der Waals surface area (Å²) in [6.45, 7) is -0.190. The number of hydrogen-bond donors (Lipinski definition) is 2. The molecule has 0 aliphatic heterocycles. The van der Waals surface area contributed by atoms with E-state index in [0.717, 1.165) is 0 Å². The molecule has 0 saturated heterocycles.